The van der Waals surface area contributed by atoms with E-state index >= 15 is 0 Å². The summed E-state index contributed by atoms with van der Waals surface area (Å²) in [4.78, 5) is 5.61. The third kappa shape index (κ3) is 2.96. The van der Waals surface area contributed by atoms with E-state index in [1.807, 2.05) is 26.1 Å². The number of hydrogen-bond donors (Lipinski definition) is 0. The van der Waals surface area contributed by atoms with E-state index < -0.39 is 0 Å². The normalized spacial score (nSPS) is 13.1. The first kappa shape index (κ1) is 10.9. The minimum Gasteiger partial charge on any atom is -0.261 e. The summed E-state index contributed by atoms with van der Waals surface area (Å²) in [5.41, 5.74) is 3.20. The highest BCUT2D eigenvalue weighted by Gasteiger charge is 1.95. The molecule has 0 unspecified atom stereocenters. The number of nitrogens with zero attached hydrogens (tertiary/aromatic N) is 1. The quantitative estimate of drug-likeness (QED) is 0.657. The van der Waals surface area contributed by atoms with Crippen LogP contribution in [0, 0.1) is 0 Å². The van der Waals surface area contributed by atoms with E-state index in [1.165, 1.54) is 10.5 Å². The maximum atomic E-state index is 4.34. The van der Waals surface area contributed by atoms with Crippen molar-refractivity contribution in [2.45, 2.75) is 20.8 Å². The summed E-state index contributed by atoms with van der Waals surface area (Å²) >= 11 is 1.73. The molecule has 0 atom stereocenters. The largest absolute Gasteiger partial charge is 0.261 e. The van der Waals surface area contributed by atoms with Crippen LogP contribution in [0.15, 0.2) is 40.9 Å². The fraction of sp³-hybridized carbons (Fsp3) is 0.250. The third-order valence-electron chi connectivity index (χ3n) is 1.98. The van der Waals surface area contributed by atoms with Crippen molar-refractivity contribution in [3.63, 3.8) is 0 Å². The molecule has 0 spiro atoms. The number of thiophene rings is 1. The highest BCUT2D eigenvalue weighted by Crippen LogP contribution is 2.19. The van der Waals surface area contributed by atoms with Gasteiger partial charge < -0.3 is 0 Å². The molecule has 74 valence electrons. The Balaban J connectivity index is 2.80. The molecule has 2 heteroatoms. The number of allylic oxidation sites excluding steroid dienone is 2. The lowest BCUT2D eigenvalue weighted by atomic mass is 10.2. The van der Waals surface area contributed by atoms with Crippen molar-refractivity contribution in [1.29, 1.82) is 0 Å². The fourth-order valence-electron chi connectivity index (χ4n) is 0.870. The van der Waals surface area contributed by atoms with Crippen LogP contribution in [0.1, 0.15) is 25.6 Å². The Morgan fingerprint density at radius 1 is 1.43 bits per heavy atom. The predicted octanol–water partition coefficient (Wildman–Crippen LogP) is 4.15. The van der Waals surface area contributed by atoms with Gasteiger partial charge in [0.15, 0.2) is 0 Å². The van der Waals surface area contributed by atoms with Gasteiger partial charge >= 0.3 is 0 Å². The van der Waals surface area contributed by atoms with Crippen molar-refractivity contribution in [3.8, 4) is 0 Å². The zero-order valence-electron chi connectivity index (χ0n) is 8.87. The molecule has 0 aliphatic carbocycles. The highest BCUT2D eigenvalue weighted by atomic mass is 32.1. The molecule has 0 aromatic carbocycles. The van der Waals surface area contributed by atoms with E-state index in [-0.39, 0.29) is 0 Å². The van der Waals surface area contributed by atoms with E-state index in [2.05, 4.69) is 29.9 Å². The first-order chi connectivity index (χ1) is 6.61. The van der Waals surface area contributed by atoms with Gasteiger partial charge in [-0.2, -0.15) is 0 Å². The smallest absolute Gasteiger partial charge is 0.0395 e. The summed E-state index contributed by atoms with van der Waals surface area (Å²) in [7, 11) is 0. The molecule has 0 fully saturated rings. The molecule has 0 aliphatic heterocycles. The van der Waals surface area contributed by atoms with E-state index in [9.17, 15) is 0 Å². The second-order valence-electron chi connectivity index (χ2n) is 3.28. The van der Waals surface area contributed by atoms with Crippen LogP contribution in [0.2, 0.25) is 0 Å². The van der Waals surface area contributed by atoms with Crippen LogP contribution < -0.4 is 0 Å². The maximum absolute atomic E-state index is 4.34. The first-order valence-electron chi connectivity index (χ1n) is 4.52. The van der Waals surface area contributed by atoms with E-state index in [0.717, 1.165) is 11.3 Å². The van der Waals surface area contributed by atoms with Crippen molar-refractivity contribution in [1.82, 2.24) is 0 Å². The Bertz CT molecular complexity index is 369. The van der Waals surface area contributed by atoms with Gasteiger partial charge in [0.05, 0.1) is 0 Å². The molecular formula is C12H15NS. The van der Waals surface area contributed by atoms with Crippen LogP contribution in [0.3, 0.4) is 0 Å². The van der Waals surface area contributed by atoms with Crippen molar-refractivity contribution in [2.75, 3.05) is 0 Å². The second kappa shape index (κ2) is 4.91. The molecule has 0 aliphatic rings. The molecule has 0 N–H and O–H groups in total. The lowest BCUT2D eigenvalue weighted by molar-refractivity contribution is 1.46. The second-order valence-corrected chi connectivity index (χ2v) is 4.23. The van der Waals surface area contributed by atoms with Gasteiger partial charge in [0.2, 0.25) is 0 Å². The van der Waals surface area contributed by atoms with Crippen LogP contribution in [-0.2, 0) is 0 Å². The minimum absolute atomic E-state index is 0.987. The molecule has 1 rings (SSSR count). The summed E-state index contributed by atoms with van der Waals surface area (Å²) in [5.74, 6) is 0. The molecule has 1 nitrogen and oxygen atoms in total. The van der Waals surface area contributed by atoms with Gasteiger partial charge in [-0.05, 0) is 43.4 Å². The standard InChI is InChI=1S/C12H15NS/c1-9(2)11(4)13-8-10(3)12-6-5-7-14-12/h5-8H,1H2,2-4H3/b10-8+,13-11?. The molecule has 0 bridgehead atoms. The lowest BCUT2D eigenvalue weighted by Crippen LogP contribution is -1.89. The summed E-state index contributed by atoms with van der Waals surface area (Å²) in [6.07, 6.45) is 1.90. The molecule has 0 radical (unpaired) electrons. The molecule has 1 heterocycles. The van der Waals surface area contributed by atoms with Gasteiger partial charge in [-0.25, -0.2) is 0 Å². The molecule has 0 saturated carbocycles. The van der Waals surface area contributed by atoms with Crippen LogP contribution in [0.4, 0.5) is 0 Å². The van der Waals surface area contributed by atoms with Gasteiger partial charge in [-0.15, -0.1) is 11.3 Å². The van der Waals surface area contributed by atoms with Gasteiger partial charge in [0.1, 0.15) is 0 Å². The fourth-order valence-corrected chi connectivity index (χ4v) is 1.57. The van der Waals surface area contributed by atoms with Crippen molar-refractivity contribution < 1.29 is 0 Å². The highest BCUT2D eigenvalue weighted by molar-refractivity contribution is 7.11. The average Bonchev–Trinajstić information content (AvgIpc) is 2.66. The molecule has 1 aromatic heterocycles. The summed E-state index contributed by atoms with van der Waals surface area (Å²) in [6.45, 7) is 9.85. The molecule has 0 saturated heterocycles. The molecular weight excluding hydrogens is 190 g/mol. The first-order valence-corrected chi connectivity index (χ1v) is 5.40. The molecule has 1 aromatic rings. The van der Waals surface area contributed by atoms with E-state index in [4.69, 9.17) is 0 Å². The van der Waals surface area contributed by atoms with Crippen molar-refractivity contribution >= 4 is 22.6 Å². The lowest BCUT2D eigenvalue weighted by Gasteiger charge is -1.96. The molecule has 0 amide bonds. The summed E-state index contributed by atoms with van der Waals surface area (Å²) in [6, 6.07) is 4.15. The van der Waals surface area contributed by atoms with Gasteiger partial charge in [-0.3, -0.25) is 4.99 Å². The van der Waals surface area contributed by atoms with Gasteiger partial charge in [0, 0.05) is 16.8 Å². The number of rotatable bonds is 3. The summed E-state index contributed by atoms with van der Waals surface area (Å²) < 4.78 is 0. The average molecular weight is 205 g/mol. The SMILES string of the molecule is C=C(C)C(C)=N/C=C(\C)c1cccs1. The Labute approximate surface area is 89.5 Å². The Morgan fingerprint density at radius 2 is 2.14 bits per heavy atom. The summed E-state index contributed by atoms with van der Waals surface area (Å²) in [5, 5.41) is 2.07. The topological polar surface area (TPSA) is 12.4 Å². The Morgan fingerprint density at radius 3 is 2.64 bits per heavy atom. The van der Waals surface area contributed by atoms with E-state index in [0.29, 0.717) is 0 Å². The van der Waals surface area contributed by atoms with Crippen LogP contribution in [0.5, 0.6) is 0 Å². The van der Waals surface area contributed by atoms with Crippen LogP contribution in [-0.4, -0.2) is 5.71 Å². The predicted molar refractivity (Wildman–Crippen MR) is 65.9 cm³/mol. The Kier molecular flexibility index (Phi) is 3.84. The minimum atomic E-state index is 0.987. The zero-order valence-corrected chi connectivity index (χ0v) is 9.69. The number of hydrogen-bond acceptors (Lipinski definition) is 2. The van der Waals surface area contributed by atoms with Gasteiger partial charge in [0.25, 0.3) is 0 Å². The maximum Gasteiger partial charge on any atom is 0.0395 e. The number of aliphatic imine (C=N–C) groups is 1. The molecule has 14 heavy (non-hydrogen) atoms. The van der Waals surface area contributed by atoms with E-state index in [1.54, 1.807) is 11.3 Å². The van der Waals surface area contributed by atoms with Crippen molar-refractivity contribution in [3.05, 3.63) is 40.7 Å². The van der Waals surface area contributed by atoms with Crippen LogP contribution >= 0.6 is 11.3 Å². The zero-order chi connectivity index (χ0) is 10.6. The van der Waals surface area contributed by atoms with Gasteiger partial charge in [-0.1, -0.05) is 12.6 Å². The Hall–Kier alpha value is -1.15. The van der Waals surface area contributed by atoms with Crippen molar-refractivity contribution in [2.24, 2.45) is 4.99 Å². The monoisotopic (exact) mass is 205 g/mol. The van der Waals surface area contributed by atoms with Crippen LogP contribution in [0.25, 0.3) is 5.57 Å². The third-order valence-corrected chi connectivity index (χ3v) is 2.98.